The number of benzene rings is 1. The van der Waals surface area contributed by atoms with Gasteiger partial charge in [0.05, 0.1) is 17.1 Å². The van der Waals surface area contributed by atoms with E-state index in [1.54, 1.807) is 19.4 Å². The fourth-order valence-corrected chi connectivity index (χ4v) is 1.87. The number of aromatic amines is 1. The van der Waals surface area contributed by atoms with Crippen molar-refractivity contribution in [3.63, 3.8) is 0 Å². The summed E-state index contributed by atoms with van der Waals surface area (Å²) < 4.78 is 0. The minimum Gasteiger partial charge on any atom is -0.478 e. The lowest BCUT2D eigenvalue weighted by molar-refractivity contribution is 0.0697. The fraction of sp³-hybridized carbons (Fsp3) is 0.154. The van der Waals surface area contributed by atoms with Crippen molar-refractivity contribution in [2.75, 3.05) is 12.4 Å². The highest BCUT2D eigenvalue weighted by molar-refractivity contribution is 6.33. The minimum atomic E-state index is -1.15. The van der Waals surface area contributed by atoms with Crippen molar-refractivity contribution in [3.05, 3.63) is 47.0 Å². The van der Waals surface area contributed by atoms with Gasteiger partial charge in [-0.2, -0.15) is 0 Å². The van der Waals surface area contributed by atoms with Gasteiger partial charge in [-0.25, -0.2) is 14.6 Å². The third-order valence-corrected chi connectivity index (χ3v) is 3.07. The Hall–Kier alpha value is -2.54. The number of anilines is 1. The molecule has 110 valence electrons. The summed E-state index contributed by atoms with van der Waals surface area (Å²) in [5, 5.41) is 11.7. The van der Waals surface area contributed by atoms with Gasteiger partial charge in [0.2, 0.25) is 0 Å². The van der Waals surface area contributed by atoms with Crippen LogP contribution in [0.1, 0.15) is 16.2 Å². The van der Waals surface area contributed by atoms with Gasteiger partial charge in [0.25, 0.3) is 0 Å². The van der Waals surface area contributed by atoms with E-state index >= 15 is 0 Å². The van der Waals surface area contributed by atoms with E-state index in [4.69, 9.17) is 16.7 Å². The van der Waals surface area contributed by atoms with Gasteiger partial charge in [0, 0.05) is 25.1 Å². The zero-order chi connectivity index (χ0) is 15.4. The number of hydrogen-bond acceptors (Lipinski definition) is 3. The lowest BCUT2D eigenvalue weighted by Gasteiger charge is -2.17. The van der Waals surface area contributed by atoms with Gasteiger partial charge in [-0.05, 0) is 18.2 Å². The molecule has 0 bridgehead atoms. The molecule has 8 heteroatoms. The fourth-order valence-electron chi connectivity index (χ4n) is 1.67. The largest absolute Gasteiger partial charge is 0.478 e. The zero-order valence-corrected chi connectivity index (χ0v) is 11.9. The molecule has 2 amide bonds. The molecule has 1 aromatic heterocycles. The van der Waals surface area contributed by atoms with Crippen LogP contribution in [0.25, 0.3) is 0 Å². The molecule has 0 aliphatic rings. The van der Waals surface area contributed by atoms with Gasteiger partial charge >= 0.3 is 12.0 Å². The van der Waals surface area contributed by atoms with Gasteiger partial charge in [-0.15, -0.1) is 0 Å². The average molecular weight is 309 g/mol. The number of amides is 2. The molecule has 3 N–H and O–H groups in total. The Kier molecular flexibility index (Phi) is 4.44. The number of aromatic carboxylic acids is 1. The first-order chi connectivity index (χ1) is 9.97. The van der Waals surface area contributed by atoms with E-state index in [1.165, 1.54) is 23.1 Å². The smallest absolute Gasteiger partial charge is 0.337 e. The summed E-state index contributed by atoms with van der Waals surface area (Å²) in [7, 11) is 1.60. The Balaban J connectivity index is 2.05. The van der Waals surface area contributed by atoms with Crippen molar-refractivity contribution >= 4 is 29.3 Å². The second-order valence-corrected chi connectivity index (χ2v) is 4.73. The van der Waals surface area contributed by atoms with Crippen molar-refractivity contribution in [1.82, 2.24) is 14.9 Å². The molecule has 0 unspecified atom stereocenters. The molecular weight excluding hydrogens is 296 g/mol. The molecule has 0 saturated heterocycles. The maximum Gasteiger partial charge on any atom is 0.337 e. The number of nitrogens with zero attached hydrogens (tertiary/aromatic N) is 2. The van der Waals surface area contributed by atoms with Crippen molar-refractivity contribution in [3.8, 4) is 0 Å². The monoisotopic (exact) mass is 308 g/mol. The molecular formula is C13H13ClN4O3. The molecule has 21 heavy (non-hydrogen) atoms. The summed E-state index contributed by atoms with van der Waals surface area (Å²) in [5.41, 5.74) is 0.288. The maximum atomic E-state index is 12.0. The normalized spacial score (nSPS) is 10.2. The van der Waals surface area contributed by atoms with E-state index in [1.807, 2.05) is 0 Å². The van der Waals surface area contributed by atoms with Crippen molar-refractivity contribution in [2.45, 2.75) is 6.54 Å². The summed E-state index contributed by atoms with van der Waals surface area (Å²) in [6.07, 6.45) is 3.26. The lowest BCUT2D eigenvalue weighted by atomic mass is 10.2. The van der Waals surface area contributed by atoms with Gasteiger partial charge in [0.15, 0.2) is 0 Å². The van der Waals surface area contributed by atoms with Crippen molar-refractivity contribution in [1.29, 1.82) is 0 Å². The second kappa shape index (κ2) is 6.27. The average Bonchev–Trinajstić information content (AvgIpc) is 2.93. The highest BCUT2D eigenvalue weighted by Gasteiger charge is 2.13. The predicted octanol–water partition coefficient (Wildman–Crippen LogP) is 2.43. The summed E-state index contributed by atoms with van der Waals surface area (Å²) in [4.78, 5) is 31.3. The summed E-state index contributed by atoms with van der Waals surface area (Å²) in [6, 6.07) is 3.88. The Morgan fingerprint density at radius 2 is 2.24 bits per heavy atom. The van der Waals surface area contributed by atoms with Crippen LogP contribution in [0.5, 0.6) is 0 Å². The first-order valence-corrected chi connectivity index (χ1v) is 6.38. The second-order valence-electron chi connectivity index (χ2n) is 4.32. The molecule has 0 spiro atoms. The number of rotatable bonds is 4. The molecule has 0 aliphatic carbocycles. The molecule has 0 fully saturated rings. The molecule has 0 aliphatic heterocycles. The summed E-state index contributed by atoms with van der Waals surface area (Å²) in [6.45, 7) is 0.304. The Morgan fingerprint density at radius 3 is 2.86 bits per heavy atom. The van der Waals surface area contributed by atoms with E-state index in [0.717, 1.165) is 0 Å². The number of hydrogen-bond donors (Lipinski definition) is 3. The van der Waals surface area contributed by atoms with Crippen molar-refractivity contribution < 1.29 is 14.7 Å². The number of urea groups is 1. The number of carboxylic acids is 1. The van der Waals surface area contributed by atoms with Gasteiger partial charge < -0.3 is 20.3 Å². The highest BCUT2D eigenvalue weighted by atomic mass is 35.5. The van der Waals surface area contributed by atoms with Crippen LogP contribution in [0.2, 0.25) is 5.02 Å². The third-order valence-electron chi connectivity index (χ3n) is 2.74. The maximum absolute atomic E-state index is 12.0. The summed E-state index contributed by atoms with van der Waals surface area (Å²) in [5.74, 6) is -0.505. The first kappa shape index (κ1) is 14.9. The van der Waals surface area contributed by atoms with Crippen LogP contribution in [0.3, 0.4) is 0 Å². The van der Waals surface area contributed by atoms with Crippen LogP contribution in [-0.2, 0) is 6.54 Å². The van der Waals surface area contributed by atoms with Gasteiger partial charge in [-0.3, -0.25) is 0 Å². The van der Waals surface area contributed by atoms with Crippen LogP contribution in [0.15, 0.2) is 30.6 Å². The number of carboxylic acid groups (broad SMARTS) is 1. The minimum absolute atomic E-state index is 0.0665. The van der Waals surface area contributed by atoms with E-state index in [-0.39, 0.29) is 16.6 Å². The molecule has 0 atom stereocenters. The number of H-pyrrole nitrogens is 1. The number of carbonyl (C=O) groups is 2. The molecule has 1 aromatic carbocycles. The first-order valence-electron chi connectivity index (χ1n) is 6.00. The molecule has 0 radical (unpaired) electrons. The van der Waals surface area contributed by atoms with Crippen LogP contribution in [0.4, 0.5) is 10.5 Å². The molecule has 2 aromatic rings. The van der Waals surface area contributed by atoms with Crippen LogP contribution in [-0.4, -0.2) is 39.0 Å². The van der Waals surface area contributed by atoms with E-state index in [2.05, 4.69) is 15.3 Å². The number of aromatic nitrogens is 2. The Bertz CT molecular complexity index is 657. The summed E-state index contributed by atoms with van der Waals surface area (Å²) >= 11 is 5.77. The Labute approximate surface area is 125 Å². The van der Waals surface area contributed by atoms with Gasteiger partial charge in [-0.1, -0.05) is 11.6 Å². The molecule has 7 nitrogen and oxygen atoms in total. The van der Waals surface area contributed by atoms with Crippen molar-refractivity contribution in [2.24, 2.45) is 0 Å². The number of imidazole rings is 1. The van der Waals surface area contributed by atoms with E-state index in [9.17, 15) is 9.59 Å². The lowest BCUT2D eigenvalue weighted by Crippen LogP contribution is -2.31. The van der Waals surface area contributed by atoms with Crippen LogP contribution < -0.4 is 5.32 Å². The quantitative estimate of drug-likeness (QED) is 0.807. The van der Waals surface area contributed by atoms with Crippen LogP contribution >= 0.6 is 11.6 Å². The molecule has 2 rings (SSSR count). The molecule has 0 saturated carbocycles. The van der Waals surface area contributed by atoms with Crippen LogP contribution in [0, 0.1) is 0 Å². The predicted molar refractivity (Wildman–Crippen MR) is 77.5 cm³/mol. The highest BCUT2D eigenvalue weighted by Crippen LogP contribution is 2.20. The van der Waals surface area contributed by atoms with E-state index < -0.39 is 5.97 Å². The SMILES string of the molecule is CN(Cc1ncc[nH]1)C(=O)Nc1ccc(Cl)c(C(=O)O)c1. The standard InChI is InChI=1S/C13H13ClN4O3/c1-18(7-11-15-4-5-16-11)13(21)17-8-2-3-10(14)9(6-8)12(19)20/h2-6H,7H2,1H3,(H,15,16)(H,17,21)(H,19,20). The van der Waals surface area contributed by atoms with E-state index in [0.29, 0.717) is 18.1 Å². The molecule has 1 heterocycles. The number of nitrogens with one attached hydrogen (secondary N) is 2. The zero-order valence-electron chi connectivity index (χ0n) is 11.1. The number of halogens is 1. The topological polar surface area (TPSA) is 98.3 Å². The third kappa shape index (κ3) is 3.73. The number of carbonyl (C=O) groups excluding carboxylic acids is 1. The Morgan fingerprint density at radius 1 is 1.48 bits per heavy atom. The van der Waals surface area contributed by atoms with Gasteiger partial charge in [0.1, 0.15) is 5.82 Å².